The summed E-state index contributed by atoms with van der Waals surface area (Å²) in [4.78, 5) is 10.6. The van der Waals surface area contributed by atoms with Gasteiger partial charge in [-0.1, -0.05) is 35.4 Å². The van der Waals surface area contributed by atoms with Gasteiger partial charge in [-0.15, -0.1) is 0 Å². The Hall–Kier alpha value is -1.20. The average molecular weight is 327 g/mol. The van der Waals surface area contributed by atoms with Crippen molar-refractivity contribution >= 4 is 27.7 Å². The Bertz CT molecular complexity index is 484. The number of nitrogens with one attached hydrogen (secondary N) is 1. The van der Waals surface area contributed by atoms with Crippen molar-refractivity contribution in [2.75, 3.05) is 13.1 Å². The van der Waals surface area contributed by atoms with Gasteiger partial charge in [0.2, 0.25) is 0 Å². The number of nitro groups is 1. The number of rotatable bonds is 6. The van der Waals surface area contributed by atoms with Crippen molar-refractivity contribution in [2.24, 2.45) is 5.92 Å². The Morgan fingerprint density at radius 1 is 1.53 bits per heavy atom. The molecule has 0 atom stereocenters. The molecule has 0 heterocycles. The van der Waals surface area contributed by atoms with Gasteiger partial charge in [0.25, 0.3) is 5.69 Å². The highest BCUT2D eigenvalue weighted by Gasteiger charge is 2.12. The molecule has 0 aliphatic rings. The van der Waals surface area contributed by atoms with Gasteiger partial charge in [0.05, 0.1) is 10.5 Å². The molecule has 0 unspecified atom stereocenters. The van der Waals surface area contributed by atoms with E-state index in [4.69, 9.17) is 0 Å². The van der Waals surface area contributed by atoms with E-state index < -0.39 is 0 Å². The monoisotopic (exact) mass is 326 g/mol. The second-order valence-corrected chi connectivity index (χ2v) is 5.89. The molecule has 0 bridgehead atoms. The molecular formula is C14H19BrN2O2. The molecule has 0 amide bonds. The van der Waals surface area contributed by atoms with Crippen LogP contribution in [0.1, 0.15) is 26.3 Å². The summed E-state index contributed by atoms with van der Waals surface area (Å²) < 4.78 is 0.715. The van der Waals surface area contributed by atoms with Crippen LogP contribution in [-0.4, -0.2) is 18.0 Å². The zero-order valence-electron chi connectivity index (χ0n) is 11.4. The van der Waals surface area contributed by atoms with Crippen LogP contribution in [0.2, 0.25) is 0 Å². The van der Waals surface area contributed by atoms with Crippen LogP contribution in [0.4, 0.5) is 5.69 Å². The third-order valence-corrected chi connectivity index (χ3v) is 3.04. The molecular weight excluding hydrogens is 308 g/mol. The lowest BCUT2D eigenvalue weighted by Gasteiger charge is -2.07. The molecule has 19 heavy (non-hydrogen) atoms. The van der Waals surface area contributed by atoms with Crippen molar-refractivity contribution in [1.82, 2.24) is 5.32 Å². The lowest BCUT2D eigenvalue weighted by molar-refractivity contribution is -0.385. The second kappa shape index (κ2) is 7.40. The maximum Gasteiger partial charge on any atom is 0.277 e. The van der Waals surface area contributed by atoms with E-state index in [0.29, 0.717) is 16.0 Å². The first-order valence-electron chi connectivity index (χ1n) is 6.22. The predicted molar refractivity (Wildman–Crippen MR) is 82.2 cm³/mol. The van der Waals surface area contributed by atoms with Gasteiger partial charge in [0.1, 0.15) is 0 Å². The van der Waals surface area contributed by atoms with Crippen LogP contribution >= 0.6 is 15.9 Å². The van der Waals surface area contributed by atoms with E-state index in [1.54, 1.807) is 6.07 Å². The number of hydrogen-bond acceptors (Lipinski definition) is 3. The molecule has 1 rings (SSSR count). The number of hydrogen-bond donors (Lipinski definition) is 1. The van der Waals surface area contributed by atoms with Crippen LogP contribution in [0.3, 0.4) is 0 Å². The topological polar surface area (TPSA) is 55.2 Å². The van der Waals surface area contributed by atoms with Crippen molar-refractivity contribution in [3.63, 3.8) is 0 Å². The molecule has 1 N–H and O–H groups in total. The standard InChI is InChI=1S/C14H19BrN2O2/c1-10(2)8-16-9-11(3)6-12-4-5-13(15)7-14(12)17(18)19/h4-7,10,16H,8-9H2,1-3H3/b11-6+. The minimum atomic E-state index is -0.356. The van der Waals surface area contributed by atoms with Crippen molar-refractivity contribution in [3.05, 3.63) is 43.9 Å². The van der Waals surface area contributed by atoms with Crippen LogP contribution in [-0.2, 0) is 0 Å². The maximum atomic E-state index is 11.0. The van der Waals surface area contributed by atoms with Crippen molar-refractivity contribution in [3.8, 4) is 0 Å². The molecule has 0 spiro atoms. The van der Waals surface area contributed by atoms with Crippen LogP contribution in [0.15, 0.2) is 28.2 Å². The summed E-state index contributed by atoms with van der Waals surface area (Å²) in [6.45, 7) is 7.94. The van der Waals surface area contributed by atoms with Crippen LogP contribution in [0, 0.1) is 16.0 Å². The molecule has 5 heteroatoms. The Labute approximate surface area is 122 Å². The fraction of sp³-hybridized carbons (Fsp3) is 0.429. The molecule has 0 fully saturated rings. The van der Waals surface area contributed by atoms with Gasteiger partial charge in [-0.25, -0.2) is 0 Å². The highest BCUT2D eigenvalue weighted by Crippen LogP contribution is 2.25. The van der Waals surface area contributed by atoms with Gasteiger partial charge in [-0.05, 0) is 37.6 Å². The Morgan fingerprint density at radius 2 is 2.21 bits per heavy atom. The molecule has 0 aliphatic carbocycles. The Balaban J connectivity index is 2.82. The quantitative estimate of drug-likeness (QED) is 0.634. The third kappa shape index (κ3) is 5.53. The first-order valence-corrected chi connectivity index (χ1v) is 7.01. The normalized spacial score (nSPS) is 11.9. The predicted octanol–water partition coefficient (Wildman–Crippen LogP) is 4.01. The summed E-state index contributed by atoms with van der Waals surface area (Å²) in [6, 6.07) is 5.10. The number of nitrogens with zero attached hydrogens (tertiary/aromatic N) is 1. The summed E-state index contributed by atoms with van der Waals surface area (Å²) in [7, 11) is 0. The smallest absolute Gasteiger partial charge is 0.277 e. The summed E-state index contributed by atoms with van der Waals surface area (Å²) in [6.07, 6.45) is 1.86. The van der Waals surface area contributed by atoms with E-state index in [1.807, 2.05) is 19.1 Å². The van der Waals surface area contributed by atoms with Gasteiger partial charge in [-0.3, -0.25) is 10.1 Å². The first kappa shape index (κ1) is 15.9. The fourth-order valence-electron chi connectivity index (χ4n) is 1.67. The molecule has 4 nitrogen and oxygen atoms in total. The molecule has 104 valence electrons. The summed E-state index contributed by atoms with van der Waals surface area (Å²) in [5.41, 5.74) is 1.83. The molecule has 0 aliphatic heterocycles. The van der Waals surface area contributed by atoms with Crippen LogP contribution in [0.25, 0.3) is 6.08 Å². The average Bonchev–Trinajstić information content (AvgIpc) is 2.30. The molecule has 0 saturated heterocycles. The number of halogens is 1. The zero-order chi connectivity index (χ0) is 14.4. The Morgan fingerprint density at radius 3 is 2.79 bits per heavy atom. The minimum absolute atomic E-state index is 0.123. The second-order valence-electron chi connectivity index (χ2n) is 4.98. The molecule has 0 aromatic heterocycles. The number of nitro benzene ring substituents is 1. The maximum absolute atomic E-state index is 11.0. The van der Waals surface area contributed by atoms with Crippen molar-refractivity contribution < 1.29 is 4.92 Å². The van der Waals surface area contributed by atoms with Crippen molar-refractivity contribution in [2.45, 2.75) is 20.8 Å². The Kier molecular flexibility index (Phi) is 6.18. The van der Waals surface area contributed by atoms with E-state index in [2.05, 4.69) is 35.1 Å². The summed E-state index contributed by atoms with van der Waals surface area (Å²) >= 11 is 3.25. The van der Waals surface area contributed by atoms with Gasteiger partial charge >= 0.3 is 0 Å². The first-order chi connectivity index (χ1) is 8.90. The largest absolute Gasteiger partial charge is 0.313 e. The van der Waals surface area contributed by atoms with Gasteiger partial charge < -0.3 is 5.32 Å². The molecule has 1 aromatic carbocycles. The molecule has 1 aromatic rings. The highest BCUT2D eigenvalue weighted by atomic mass is 79.9. The van der Waals surface area contributed by atoms with Gasteiger partial charge in [0.15, 0.2) is 0 Å². The third-order valence-electron chi connectivity index (χ3n) is 2.55. The highest BCUT2D eigenvalue weighted by molar-refractivity contribution is 9.10. The van der Waals surface area contributed by atoms with E-state index in [0.717, 1.165) is 18.7 Å². The lowest BCUT2D eigenvalue weighted by Crippen LogP contribution is -2.21. The zero-order valence-corrected chi connectivity index (χ0v) is 13.0. The van der Waals surface area contributed by atoms with Crippen molar-refractivity contribution in [1.29, 1.82) is 0 Å². The van der Waals surface area contributed by atoms with Crippen LogP contribution in [0.5, 0.6) is 0 Å². The van der Waals surface area contributed by atoms with Crippen LogP contribution < -0.4 is 5.32 Å². The van der Waals surface area contributed by atoms with E-state index in [1.165, 1.54) is 6.07 Å². The number of benzene rings is 1. The van der Waals surface area contributed by atoms with E-state index in [-0.39, 0.29) is 10.6 Å². The molecule has 0 radical (unpaired) electrons. The van der Waals surface area contributed by atoms with E-state index >= 15 is 0 Å². The van der Waals surface area contributed by atoms with Gasteiger partial charge in [-0.2, -0.15) is 0 Å². The lowest BCUT2D eigenvalue weighted by atomic mass is 10.1. The summed E-state index contributed by atoms with van der Waals surface area (Å²) in [5.74, 6) is 0.592. The minimum Gasteiger partial charge on any atom is -0.313 e. The van der Waals surface area contributed by atoms with E-state index in [9.17, 15) is 10.1 Å². The van der Waals surface area contributed by atoms with Gasteiger partial charge in [0, 0.05) is 17.1 Å². The molecule has 0 saturated carbocycles. The fourth-order valence-corrected chi connectivity index (χ4v) is 2.02. The SMILES string of the molecule is C/C(=C\c1ccc(Br)cc1[N+](=O)[O-])CNCC(C)C. The summed E-state index contributed by atoms with van der Waals surface area (Å²) in [5, 5.41) is 14.3.